The third-order valence-corrected chi connectivity index (χ3v) is 3.88. The molecule has 108 valence electrons. The molecule has 1 unspecified atom stereocenters. The third-order valence-electron chi connectivity index (χ3n) is 3.88. The van der Waals surface area contributed by atoms with E-state index < -0.39 is 0 Å². The Balaban J connectivity index is 3.14. The van der Waals surface area contributed by atoms with E-state index in [-0.39, 0.29) is 11.5 Å². The predicted octanol–water partition coefficient (Wildman–Crippen LogP) is 2.95. The van der Waals surface area contributed by atoms with Crippen molar-refractivity contribution in [1.82, 2.24) is 5.32 Å². The summed E-state index contributed by atoms with van der Waals surface area (Å²) in [6.07, 6.45) is 0.985. The first kappa shape index (κ1) is 16.0. The Labute approximate surface area is 117 Å². The molecule has 3 N–H and O–H groups in total. The smallest absolute Gasteiger partial charge is 0.123 e. The quantitative estimate of drug-likeness (QED) is 0.830. The fraction of sp³-hybridized carbons (Fsp3) is 0.625. The molecule has 1 aromatic rings. The van der Waals surface area contributed by atoms with Crippen LogP contribution in [-0.4, -0.2) is 20.7 Å². The first-order chi connectivity index (χ1) is 8.84. The van der Waals surface area contributed by atoms with E-state index >= 15 is 0 Å². The molecular weight excluding hydrogens is 236 g/mol. The highest BCUT2D eigenvalue weighted by atomic mass is 16.5. The van der Waals surface area contributed by atoms with Crippen LogP contribution >= 0.6 is 0 Å². The molecule has 0 spiro atoms. The number of nitrogens with one attached hydrogen (secondary N) is 1. The molecule has 0 saturated heterocycles. The first-order valence-electron chi connectivity index (χ1n) is 6.87. The second kappa shape index (κ2) is 6.40. The molecule has 3 nitrogen and oxygen atoms in total. The number of ether oxygens (including phenoxy) is 1. The Morgan fingerprint density at radius 1 is 1.26 bits per heavy atom. The van der Waals surface area contributed by atoms with Gasteiger partial charge in [0, 0.05) is 11.6 Å². The van der Waals surface area contributed by atoms with E-state index in [1.54, 1.807) is 7.11 Å². The van der Waals surface area contributed by atoms with Crippen molar-refractivity contribution in [2.45, 2.75) is 40.2 Å². The van der Waals surface area contributed by atoms with Gasteiger partial charge in [-0.15, -0.1) is 0 Å². The predicted molar refractivity (Wildman–Crippen MR) is 81.7 cm³/mol. The van der Waals surface area contributed by atoms with Crippen LogP contribution in [0.25, 0.3) is 0 Å². The molecule has 1 rings (SSSR count). The Morgan fingerprint density at radius 2 is 1.84 bits per heavy atom. The van der Waals surface area contributed by atoms with Gasteiger partial charge in [0.1, 0.15) is 5.75 Å². The van der Waals surface area contributed by atoms with Gasteiger partial charge < -0.3 is 15.8 Å². The van der Waals surface area contributed by atoms with Crippen LogP contribution in [0.3, 0.4) is 0 Å². The highest BCUT2D eigenvalue weighted by Gasteiger charge is 2.24. The molecule has 1 aromatic carbocycles. The monoisotopic (exact) mass is 264 g/mol. The molecule has 0 aliphatic heterocycles. The fourth-order valence-corrected chi connectivity index (χ4v) is 2.26. The third kappa shape index (κ3) is 3.95. The average Bonchev–Trinajstić information content (AvgIpc) is 2.38. The van der Waals surface area contributed by atoms with Crippen molar-refractivity contribution in [3.05, 3.63) is 28.8 Å². The zero-order chi connectivity index (χ0) is 14.6. The minimum absolute atomic E-state index is 0.109. The molecule has 19 heavy (non-hydrogen) atoms. The molecule has 0 bridgehead atoms. The summed E-state index contributed by atoms with van der Waals surface area (Å²) in [6, 6.07) is 4.60. The van der Waals surface area contributed by atoms with Gasteiger partial charge in [-0.25, -0.2) is 0 Å². The van der Waals surface area contributed by atoms with Gasteiger partial charge in [-0.3, -0.25) is 0 Å². The Hall–Kier alpha value is -1.06. The molecule has 3 heteroatoms. The van der Waals surface area contributed by atoms with E-state index in [0.29, 0.717) is 6.54 Å². The second-order valence-corrected chi connectivity index (χ2v) is 6.09. The van der Waals surface area contributed by atoms with Crippen molar-refractivity contribution in [2.75, 3.05) is 20.7 Å². The number of benzene rings is 1. The van der Waals surface area contributed by atoms with Gasteiger partial charge in [0.05, 0.1) is 7.11 Å². The molecule has 0 radical (unpaired) electrons. The Kier molecular flexibility index (Phi) is 5.39. The number of hydrogen-bond acceptors (Lipinski definition) is 3. The maximum atomic E-state index is 5.85. The zero-order valence-electron chi connectivity index (χ0n) is 13.1. The van der Waals surface area contributed by atoms with Crippen LogP contribution in [0, 0.1) is 19.3 Å². The van der Waals surface area contributed by atoms with Gasteiger partial charge in [-0.1, -0.05) is 19.9 Å². The minimum atomic E-state index is 0.109. The van der Waals surface area contributed by atoms with Gasteiger partial charge in [0.2, 0.25) is 0 Å². The SMILES string of the molecule is CNC(CC(C)(C)CN)c1cc(C)c(C)cc1OC. The van der Waals surface area contributed by atoms with Crippen LogP contribution in [0.15, 0.2) is 12.1 Å². The molecule has 0 aliphatic carbocycles. The largest absolute Gasteiger partial charge is 0.496 e. The lowest BCUT2D eigenvalue weighted by Crippen LogP contribution is -2.30. The average molecular weight is 264 g/mol. The van der Waals surface area contributed by atoms with Crippen molar-refractivity contribution < 1.29 is 4.74 Å². The van der Waals surface area contributed by atoms with Crippen molar-refractivity contribution in [2.24, 2.45) is 11.1 Å². The summed E-state index contributed by atoms with van der Waals surface area (Å²) in [5.74, 6) is 0.954. The van der Waals surface area contributed by atoms with Crippen LogP contribution in [0.1, 0.15) is 43.0 Å². The van der Waals surface area contributed by atoms with Gasteiger partial charge in [0.25, 0.3) is 0 Å². The summed E-state index contributed by atoms with van der Waals surface area (Å²) in [5.41, 5.74) is 9.73. The highest BCUT2D eigenvalue weighted by Crippen LogP contribution is 2.35. The summed E-state index contributed by atoms with van der Waals surface area (Å²) in [5, 5.41) is 3.39. The lowest BCUT2D eigenvalue weighted by atomic mass is 9.83. The van der Waals surface area contributed by atoms with E-state index in [0.717, 1.165) is 12.2 Å². The molecule has 0 aliphatic rings. The van der Waals surface area contributed by atoms with E-state index in [4.69, 9.17) is 10.5 Å². The lowest BCUT2D eigenvalue weighted by molar-refractivity contribution is 0.293. The molecule has 1 atom stereocenters. The molecule has 0 saturated carbocycles. The van der Waals surface area contributed by atoms with E-state index in [1.165, 1.54) is 16.7 Å². The topological polar surface area (TPSA) is 47.3 Å². The van der Waals surface area contributed by atoms with Crippen molar-refractivity contribution >= 4 is 0 Å². The Morgan fingerprint density at radius 3 is 2.32 bits per heavy atom. The van der Waals surface area contributed by atoms with Gasteiger partial charge in [0.15, 0.2) is 0 Å². The number of hydrogen-bond donors (Lipinski definition) is 2. The highest BCUT2D eigenvalue weighted by molar-refractivity contribution is 5.43. The normalized spacial score (nSPS) is 13.4. The Bertz CT molecular complexity index is 427. The van der Waals surface area contributed by atoms with Crippen LogP contribution < -0.4 is 15.8 Å². The van der Waals surface area contributed by atoms with Crippen LogP contribution in [0.4, 0.5) is 0 Å². The van der Waals surface area contributed by atoms with Gasteiger partial charge in [-0.2, -0.15) is 0 Å². The van der Waals surface area contributed by atoms with Crippen molar-refractivity contribution in [1.29, 1.82) is 0 Å². The first-order valence-corrected chi connectivity index (χ1v) is 6.87. The number of rotatable bonds is 6. The number of nitrogens with two attached hydrogens (primary N) is 1. The van der Waals surface area contributed by atoms with E-state index in [1.807, 2.05) is 7.05 Å². The lowest BCUT2D eigenvalue weighted by Gasteiger charge is -2.29. The maximum Gasteiger partial charge on any atom is 0.123 e. The van der Waals surface area contributed by atoms with Gasteiger partial charge in [-0.05, 0) is 56.5 Å². The summed E-state index contributed by atoms with van der Waals surface area (Å²) >= 11 is 0. The number of methoxy groups -OCH3 is 1. The van der Waals surface area contributed by atoms with E-state index in [2.05, 4.69) is 45.1 Å². The van der Waals surface area contributed by atoms with Crippen molar-refractivity contribution in [3.8, 4) is 5.75 Å². The second-order valence-electron chi connectivity index (χ2n) is 6.09. The molecule has 0 heterocycles. The van der Waals surface area contributed by atoms with Crippen LogP contribution in [-0.2, 0) is 0 Å². The summed E-state index contributed by atoms with van der Waals surface area (Å²) in [4.78, 5) is 0. The molecule has 0 aromatic heterocycles. The molecule has 0 amide bonds. The zero-order valence-corrected chi connectivity index (χ0v) is 13.1. The standard InChI is InChI=1S/C16H28N2O/c1-11-7-13(15(19-6)8-12(11)2)14(18-5)9-16(3,4)10-17/h7-8,14,18H,9-10,17H2,1-6H3. The van der Waals surface area contributed by atoms with E-state index in [9.17, 15) is 0 Å². The van der Waals surface area contributed by atoms with Crippen LogP contribution in [0.5, 0.6) is 5.75 Å². The molecule has 0 fully saturated rings. The summed E-state index contributed by atoms with van der Waals surface area (Å²) < 4.78 is 5.54. The maximum absolute atomic E-state index is 5.85. The fourth-order valence-electron chi connectivity index (χ4n) is 2.26. The number of aryl methyl sites for hydroxylation is 2. The summed E-state index contributed by atoms with van der Waals surface area (Å²) in [7, 11) is 3.72. The minimum Gasteiger partial charge on any atom is -0.496 e. The molecular formula is C16H28N2O. The van der Waals surface area contributed by atoms with Gasteiger partial charge >= 0.3 is 0 Å². The van der Waals surface area contributed by atoms with Crippen molar-refractivity contribution in [3.63, 3.8) is 0 Å². The summed E-state index contributed by atoms with van der Waals surface area (Å²) in [6.45, 7) is 9.33. The van der Waals surface area contributed by atoms with Crippen LogP contribution in [0.2, 0.25) is 0 Å².